The van der Waals surface area contributed by atoms with E-state index in [0.29, 0.717) is 30.2 Å². The zero-order valence-corrected chi connectivity index (χ0v) is 18.0. The lowest BCUT2D eigenvalue weighted by Gasteiger charge is -2.26. The second kappa shape index (κ2) is 11.3. The van der Waals surface area contributed by atoms with E-state index in [0.717, 1.165) is 24.2 Å². The van der Waals surface area contributed by atoms with E-state index >= 15 is 0 Å². The van der Waals surface area contributed by atoms with E-state index in [2.05, 4.69) is 17.1 Å². The van der Waals surface area contributed by atoms with Gasteiger partial charge in [0.25, 0.3) is 5.91 Å². The first-order valence-corrected chi connectivity index (χ1v) is 9.90. The first-order valence-electron chi connectivity index (χ1n) is 9.90. The van der Waals surface area contributed by atoms with Crippen LogP contribution in [0.5, 0.6) is 17.2 Å². The van der Waals surface area contributed by atoms with Gasteiger partial charge >= 0.3 is 0 Å². The van der Waals surface area contributed by atoms with Crippen LogP contribution in [0.2, 0.25) is 0 Å². The van der Waals surface area contributed by atoms with Gasteiger partial charge in [0.2, 0.25) is 0 Å². The number of carbonyl (C=O) groups excluding carboxylic acids is 1. The number of rotatable bonds is 11. The molecule has 2 aromatic rings. The molecule has 2 aromatic carbocycles. The molecule has 0 fully saturated rings. The molecular formula is C23H32N2O4. The standard InChI is InChI=1S/C23H32N2O4/c1-6-7-14-29-21-13-12-17(15-22(21)28-5)23(26)24-16-19(25(2)3)18-10-8-9-11-20(18)27-4/h8-13,15,19H,6-7,14,16H2,1-5H3,(H,24,26). The largest absolute Gasteiger partial charge is 0.496 e. The normalized spacial score (nSPS) is 11.8. The smallest absolute Gasteiger partial charge is 0.251 e. The van der Waals surface area contributed by atoms with Crippen molar-refractivity contribution in [1.29, 1.82) is 0 Å². The van der Waals surface area contributed by atoms with E-state index in [1.807, 2.05) is 38.4 Å². The number of likely N-dealkylation sites (N-methyl/N-ethyl adjacent to an activating group) is 1. The third-order valence-corrected chi connectivity index (χ3v) is 4.76. The third-order valence-electron chi connectivity index (χ3n) is 4.76. The highest BCUT2D eigenvalue weighted by atomic mass is 16.5. The number of nitrogens with one attached hydrogen (secondary N) is 1. The Kier molecular flexibility index (Phi) is 8.80. The van der Waals surface area contributed by atoms with E-state index in [1.165, 1.54) is 0 Å². The van der Waals surface area contributed by atoms with Crippen LogP contribution >= 0.6 is 0 Å². The van der Waals surface area contributed by atoms with Gasteiger partial charge in [0.15, 0.2) is 11.5 Å². The van der Waals surface area contributed by atoms with Crippen LogP contribution in [0.3, 0.4) is 0 Å². The molecule has 6 heteroatoms. The number of carbonyl (C=O) groups is 1. The molecule has 1 unspecified atom stereocenters. The van der Waals surface area contributed by atoms with Gasteiger partial charge in [-0.15, -0.1) is 0 Å². The van der Waals surface area contributed by atoms with Crippen molar-refractivity contribution in [3.05, 3.63) is 53.6 Å². The molecule has 0 radical (unpaired) electrons. The van der Waals surface area contributed by atoms with E-state index in [-0.39, 0.29) is 11.9 Å². The highest BCUT2D eigenvalue weighted by Gasteiger charge is 2.20. The topological polar surface area (TPSA) is 60.0 Å². The van der Waals surface area contributed by atoms with Gasteiger partial charge < -0.3 is 24.4 Å². The number of para-hydroxylation sites is 1. The van der Waals surface area contributed by atoms with E-state index in [9.17, 15) is 4.79 Å². The minimum absolute atomic E-state index is 0.0198. The first-order chi connectivity index (χ1) is 14.0. The number of methoxy groups -OCH3 is 2. The molecule has 1 N–H and O–H groups in total. The number of amides is 1. The van der Waals surface area contributed by atoms with Crippen molar-refractivity contribution in [1.82, 2.24) is 10.2 Å². The highest BCUT2D eigenvalue weighted by molar-refractivity contribution is 5.94. The molecule has 0 heterocycles. The van der Waals surface area contributed by atoms with Gasteiger partial charge in [0, 0.05) is 17.7 Å². The monoisotopic (exact) mass is 400 g/mol. The Morgan fingerprint density at radius 3 is 2.41 bits per heavy atom. The Morgan fingerprint density at radius 1 is 1.03 bits per heavy atom. The number of nitrogens with zero attached hydrogens (tertiary/aromatic N) is 1. The van der Waals surface area contributed by atoms with Crippen molar-refractivity contribution in [2.24, 2.45) is 0 Å². The molecule has 0 aliphatic carbocycles. The summed E-state index contributed by atoms with van der Waals surface area (Å²) in [6, 6.07) is 13.1. The van der Waals surface area contributed by atoms with Crippen LogP contribution in [0.1, 0.15) is 41.7 Å². The zero-order chi connectivity index (χ0) is 21.2. The number of hydrogen-bond donors (Lipinski definition) is 1. The average Bonchev–Trinajstić information content (AvgIpc) is 2.74. The molecular weight excluding hydrogens is 368 g/mol. The summed E-state index contributed by atoms with van der Waals surface area (Å²) in [4.78, 5) is 14.8. The van der Waals surface area contributed by atoms with E-state index < -0.39 is 0 Å². The molecule has 2 rings (SSSR count). The Balaban J connectivity index is 2.10. The Hall–Kier alpha value is -2.73. The Morgan fingerprint density at radius 2 is 1.76 bits per heavy atom. The van der Waals surface area contributed by atoms with Crippen molar-refractivity contribution >= 4 is 5.91 Å². The maximum atomic E-state index is 12.7. The lowest BCUT2D eigenvalue weighted by Crippen LogP contribution is -2.34. The van der Waals surface area contributed by atoms with Crippen LogP contribution in [0.4, 0.5) is 0 Å². The summed E-state index contributed by atoms with van der Waals surface area (Å²) in [5.74, 6) is 1.85. The van der Waals surface area contributed by atoms with Crippen molar-refractivity contribution in [2.45, 2.75) is 25.8 Å². The summed E-state index contributed by atoms with van der Waals surface area (Å²) in [6.45, 7) is 3.19. The average molecular weight is 401 g/mol. The first kappa shape index (κ1) is 22.6. The minimum atomic E-state index is -0.162. The molecule has 6 nitrogen and oxygen atoms in total. The summed E-state index contributed by atoms with van der Waals surface area (Å²) in [7, 11) is 7.19. The van der Waals surface area contributed by atoms with Crippen LogP contribution in [0, 0.1) is 0 Å². The number of hydrogen-bond acceptors (Lipinski definition) is 5. The summed E-state index contributed by atoms with van der Waals surface area (Å²) in [5.41, 5.74) is 1.56. The molecule has 158 valence electrons. The van der Waals surface area contributed by atoms with Crippen LogP contribution in [-0.4, -0.2) is 52.3 Å². The fourth-order valence-electron chi connectivity index (χ4n) is 3.06. The van der Waals surface area contributed by atoms with Crippen molar-refractivity contribution in [3.63, 3.8) is 0 Å². The van der Waals surface area contributed by atoms with Crippen molar-refractivity contribution in [3.8, 4) is 17.2 Å². The maximum absolute atomic E-state index is 12.7. The third kappa shape index (κ3) is 6.12. The van der Waals surface area contributed by atoms with Crippen LogP contribution < -0.4 is 19.5 Å². The van der Waals surface area contributed by atoms with Crippen LogP contribution in [-0.2, 0) is 0 Å². The SMILES string of the molecule is CCCCOc1ccc(C(=O)NCC(c2ccccc2OC)N(C)C)cc1OC. The molecule has 0 bridgehead atoms. The highest BCUT2D eigenvalue weighted by Crippen LogP contribution is 2.29. The molecule has 0 aliphatic heterocycles. The summed E-state index contributed by atoms with van der Waals surface area (Å²) in [5, 5.41) is 3.02. The fourth-order valence-corrected chi connectivity index (χ4v) is 3.06. The predicted octanol–water partition coefficient (Wildman–Crippen LogP) is 3.92. The van der Waals surface area contributed by atoms with Crippen LogP contribution in [0.15, 0.2) is 42.5 Å². The molecule has 0 spiro atoms. The second-order valence-corrected chi connectivity index (χ2v) is 7.00. The van der Waals surface area contributed by atoms with Crippen LogP contribution in [0.25, 0.3) is 0 Å². The van der Waals surface area contributed by atoms with Gasteiger partial charge in [0.05, 0.1) is 26.9 Å². The lowest BCUT2D eigenvalue weighted by molar-refractivity contribution is 0.0941. The van der Waals surface area contributed by atoms with Gasteiger partial charge in [-0.25, -0.2) is 0 Å². The molecule has 0 aromatic heterocycles. The quantitative estimate of drug-likeness (QED) is 0.580. The van der Waals surface area contributed by atoms with Gasteiger partial charge in [-0.3, -0.25) is 4.79 Å². The number of benzene rings is 2. The fraction of sp³-hybridized carbons (Fsp3) is 0.435. The second-order valence-electron chi connectivity index (χ2n) is 7.00. The van der Waals surface area contributed by atoms with Gasteiger partial charge in [-0.2, -0.15) is 0 Å². The van der Waals surface area contributed by atoms with Gasteiger partial charge in [-0.05, 0) is 44.8 Å². The van der Waals surface area contributed by atoms with Crippen molar-refractivity contribution < 1.29 is 19.0 Å². The molecule has 29 heavy (non-hydrogen) atoms. The molecule has 0 saturated carbocycles. The molecule has 0 saturated heterocycles. The van der Waals surface area contributed by atoms with Gasteiger partial charge in [0.1, 0.15) is 5.75 Å². The lowest BCUT2D eigenvalue weighted by atomic mass is 10.0. The molecule has 0 aliphatic rings. The van der Waals surface area contributed by atoms with Crippen molar-refractivity contribution in [2.75, 3.05) is 41.5 Å². The maximum Gasteiger partial charge on any atom is 0.251 e. The zero-order valence-electron chi connectivity index (χ0n) is 18.0. The summed E-state index contributed by atoms with van der Waals surface area (Å²) >= 11 is 0. The number of unbranched alkanes of at least 4 members (excludes halogenated alkanes) is 1. The minimum Gasteiger partial charge on any atom is -0.496 e. The summed E-state index contributed by atoms with van der Waals surface area (Å²) < 4.78 is 16.6. The van der Waals surface area contributed by atoms with E-state index in [1.54, 1.807) is 32.4 Å². The Labute approximate surface area is 173 Å². The predicted molar refractivity (Wildman–Crippen MR) is 115 cm³/mol. The molecule has 1 amide bonds. The van der Waals surface area contributed by atoms with E-state index in [4.69, 9.17) is 14.2 Å². The number of ether oxygens (including phenoxy) is 3. The molecule has 1 atom stereocenters. The Bertz CT molecular complexity index is 792. The summed E-state index contributed by atoms with van der Waals surface area (Å²) in [6.07, 6.45) is 2.03. The van der Waals surface area contributed by atoms with Gasteiger partial charge in [-0.1, -0.05) is 31.5 Å².